The highest BCUT2D eigenvalue weighted by atomic mass is 35.5. The smallest absolute Gasteiger partial charge is 0.337 e. The minimum absolute atomic E-state index is 0.110. The Kier molecular flexibility index (Phi) is 8.08. The highest BCUT2D eigenvalue weighted by Gasteiger charge is 2.36. The average Bonchev–Trinajstić information content (AvgIpc) is 3.19. The number of ether oxygens (including phenoxy) is 2. The van der Waals surface area contributed by atoms with Gasteiger partial charge in [-0.2, -0.15) is 0 Å². The molecule has 0 saturated carbocycles. The number of hydrogen-bond acceptors (Lipinski definition) is 7. The van der Waals surface area contributed by atoms with Crippen molar-refractivity contribution < 1.29 is 33.4 Å². The summed E-state index contributed by atoms with van der Waals surface area (Å²) < 4.78 is 9.60. The lowest BCUT2D eigenvalue weighted by Gasteiger charge is -2.17. The molecule has 1 atom stereocenters. The molecule has 0 aromatic heterocycles. The van der Waals surface area contributed by atoms with Crippen molar-refractivity contribution in [1.82, 2.24) is 10.4 Å². The van der Waals surface area contributed by atoms with E-state index in [1.54, 1.807) is 0 Å². The summed E-state index contributed by atoms with van der Waals surface area (Å²) in [6, 6.07) is 10.2. The number of hydrazine groups is 1. The van der Waals surface area contributed by atoms with Crippen molar-refractivity contribution in [1.29, 1.82) is 0 Å². The summed E-state index contributed by atoms with van der Waals surface area (Å²) in [5, 5.41) is 3.99. The SMILES string of the molecule is COC(=O)c1ccc(NC(=O)COC(=O)[C@@H]2CC(=O)N(NC(=O)c3ccc(Cl)c(Cl)c3)C2)cc1. The van der Waals surface area contributed by atoms with Gasteiger partial charge in [-0.3, -0.25) is 29.6 Å². The van der Waals surface area contributed by atoms with Gasteiger partial charge in [0.05, 0.1) is 35.2 Å². The van der Waals surface area contributed by atoms with E-state index in [4.69, 9.17) is 27.9 Å². The lowest BCUT2D eigenvalue weighted by molar-refractivity contribution is -0.151. The van der Waals surface area contributed by atoms with Crippen LogP contribution in [-0.4, -0.2) is 54.9 Å². The van der Waals surface area contributed by atoms with E-state index in [1.165, 1.54) is 49.6 Å². The molecule has 0 aliphatic carbocycles. The first-order valence-electron chi connectivity index (χ1n) is 9.89. The van der Waals surface area contributed by atoms with Crippen molar-refractivity contribution in [2.45, 2.75) is 6.42 Å². The number of rotatable bonds is 7. The van der Waals surface area contributed by atoms with Crippen molar-refractivity contribution in [3.05, 3.63) is 63.6 Å². The maximum Gasteiger partial charge on any atom is 0.337 e. The normalized spacial score (nSPS) is 15.0. The molecule has 2 aromatic carbocycles. The van der Waals surface area contributed by atoms with Gasteiger partial charge in [-0.15, -0.1) is 0 Å². The summed E-state index contributed by atoms with van der Waals surface area (Å²) in [5.74, 6) is -3.80. The van der Waals surface area contributed by atoms with Crippen LogP contribution in [0.15, 0.2) is 42.5 Å². The van der Waals surface area contributed by atoms with Crippen molar-refractivity contribution in [2.24, 2.45) is 5.92 Å². The molecule has 1 saturated heterocycles. The lowest BCUT2D eigenvalue weighted by Crippen LogP contribution is -2.43. The predicted octanol–water partition coefficient (Wildman–Crippen LogP) is 2.46. The van der Waals surface area contributed by atoms with Crippen LogP contribution in [0.1, 0.15) is 27.1 Å². The van der Waals surface area contributed by atoms with Gasteiger partial charge in [0.1, 0.15) is 0 Å². The zero-order valence-corrected chi connectivity index (χ0v) is 19.3. The summed E-state index contributed by atoms with van der Waals surface area (Å²) >= 11 is 11.7. The number of nitrogens with zero attached hydrogens (tertiary/aromatic N) is 1. The van der Waals surface area contributed by atoms with Crippen LogP contribution in [0.4, 0.5) is 5.69 Å². The third-order valence-corrected chi connectivity index (χ3v) is 5.55. The van der Waals surface area contributed by atoms with E-state index in [9.17, 15) is 24.0 Å². The largest absolute Gasteiger partial charge is 0.465 e. The molecule has 178 valence electrons. The van der Waals surface area contributed by atoms with E-state index in [-0.39, 0.29) is 28.6 Å². The highest BCUT2D eigenvalue weighted by molar-refractivity contribution is 6.42. The summed E-state index contributed by atoms with van der Waals surface area (Å²) in [4.78, 5) is 60.3. The van der Waals surface area contributed by atoms with Gasteiger partial charge in [-0.05, 0) is 42.5 Å². The molecule has 1 heterocycles. The Hall–Kier alpha value is -3.63. The maximum absolute atomic E-state index is 12.3. The third-order valence-electron chi connectivity index (χ3n) is 4.81. The molecule has 0 radical (unpaired) electrons. The number of hydrogen-bond donors (Lipinski definition) is 2. The van der Waals surface area contributed by atoms with Gasteiger partial charge in [0.2, 0.25) is 5.91 Å². The van der Waals surface area contributed by atoms with Crippen molar-refractivity contribution in [3.63, 3.8) is 0 Å². The Balaban J connectivity index is 1.47. The molecule has 2 N–H and O–H groups in total. The first-order valence-corrected chi connectivity index (χ1v) is 10.6. The van der Waals surface area contributed by atoms with Crippen LogP contribution in [0.25, 0.3) is 0 Å². The van der Waals surface area contributed by atoms with Gasteiger partial charge in [-0.1, -0.05) is 23.2 Å². The Morgan fingerprint density at radius 3 is 2.35 bits per heavy atom. The van der Waals surface area contributed by atoms with Gasteiger partial charge in [0.25, 0.3) is 11.8 Å². The molecule has 12 heteroatoms. The maximum atomic E-state index is 12.3. The van der Waals surface area contributed by atoms with Crippen LogP contribution in [0.2, 0.25) is 10.0 Å². The Morgan fingerprint density at radius 1 is 1.03 bits per heavy atom. The Labute approximate surface area is 204 Å². The molecule has 0 spiro atoms. The van der Waals surface area contributed by atoms with Crippen molar-refractivity contribution in [2.75, 3.05) is 25.6 Å². The molecule has 3 amide bonds. The third kappa shape index (κ3) is 6.24. The van der Waals surface area contributed by atoms with Gasteiger partial charge >= 0.3 is 11.9 Å². The average molecular weight is 508 g/mol. The van der Waals surface area contributed by atoms with Crippen LogP contribution >= 0.6 is 23.2 Å². The van der Waals surface area contributed by atoms with Gasteiger partial charge in [0.15, 0.2) is 6.61 Å². The molecule has 1 aliphatic heterocycles. The minimum Gasteiger partial charge on any atom is -0.465 e. The fourth-order valence-corrected chi connectivity index (χ4v) is 3.36. The number of carbonyl (C=O) groups excluding carboxylic acids is 5. The Bertz CT molecular complexity index is 1140. The molecule has 1 aliphatic rings. The summed E-state index contributed by atoms with van der Waals surface area (Å²) in [5.41, 5.74) is 3.30. The van der Waals surface area contributed by atoms with E-state index < -0.39 is 42.2 Å². The first kappa shape index (κ1) is 25.0. The standard InChI is InChI=1S/C22H19Cl2N3O7/c1-33-21(31)12-2-5-15(6-3-12)25-18(28)11-34-22(32)14-9-19(29)27(10-14)26-20(30)13-4-7-16(23)17(24)8-13/h2-8,14H,9-11H2,1H3,(H,25,28)(H,26,30)/t14-/m1/s1. The summed E-state index contributed by atoms with van der Waals surface area (Å²) in [7, 11) is 1.26. The molecular formula is C22H19Cl2N3O7. The zero-order chi connectivity index (χ0) is 24.8. The van der Waals surface area contributed by atoms with E-state index >= 15 is 0 Å². The van der Waals surface area contributed by atoms with Crippen LogP contribution in [0.3, 0.4) is 0 Å². The molecule has 3 rings (SSSR count). The van der Waals surface area contributed by atoms with E-state index in [1.807, 2.05) is 0 Å². The lowest BCUT2D eigenvalue weighted by atomic mass is 10.1. The van der Waals surface area contributed by atoms with Crippen molar-refractivity contribution >= 4 is 58.5 Å². The van der Waals surface area contributed by atoms with Gasteiger partial charge < -0.3 is 14.8 Å². The number of benzene rings is 2. The van der Waals surface area contributed by atoms with Crippen LogP contribution in [0.5, 0.6) is 0 Å². The summed E-state index contributed by atoms with van der Waals surface area (Å²) in [6.45, 7) is -0.681. The number of anilines is 1. The fourth-order valence-electron chi connectivity index (χ4n) is 3.06. The van der Waals surface area contributed by atoms with Crippen LogP contribution in [-0.2, 0) is 23.9 Å². The number of esters is 2. The van der Waals surface area contributed by atoms with E-state index in [0.717, 1.165) is 5.01 Å². The second-order valence-corrected chi connectivity index (χ2v) is 8.01. The molecule has 0 bridgehead atoms. The van der Waals surface area contributed by atoms with Crippen LogP contribution < -0.4 is 10.7 Å². The fraction of sp³-hybridized carbons (Fsp3) is 0.227. The Morgan fingerprint density at radius 2 is 1.71 bits per heavy atom. The topological polar surface area (TPSA) is 131 Å². The molecule has 0 unspecified atom stereocenters. The van der Waals surface area contributed by atoms with Gasteiger partial charge in [-0.25, -0.2) is 4.79 Å². The molecular weight excluding hydrogens is 489 g/mol. The predicted molar refractivity (Wildman–Crippen MR) is 121 cm³/mol. The second kappa shape index (κ2) is 11.0. The number of nitrogens with one attached hydrogen (secondary N) is 2. The number of methoxy groups -OCH3 is 1. The van der Waals surface area contributed by atoms with Gasteiger partial charge in [0, 0.05) is 17.7 Å². The number of carbonyl (C=O) groups is 5. The van der Waals surface area contributed by atoms with E-state index in [2.05, 4.69) is 15.5 Å². The molecule has 34 heavy (non-hydrogen) atoms. The molecule has 10 nitrogen and oxygen atoms in total. The first-order chi connectivity index (χ1) is 16.2. The molecule has 1 fully saturated rings. The van der Waals surface area contributed by atoms with Crippen LogP contribution in [0, 0.1) is 5.92 Å². The van der Waals surface area contributed by atoms with E-state index in [0.29, 0.717) is 11.3 Å². The quantitative estimate of drug-likeness (QED) is 0.550. The number of amides is 3. The van der Waals surface area contributed by atoms with Crippen molar-refractivity contribution in [3.8, 4) is 0 Å². The minimum atomic E-state index is -0.853. The molecule has 2 aromatic rings. The highest BCUT2D eigenvalue weighted by Crippen LogP contribution is 2.23. The monoisotopic (exact) mass is 507 g/mol. The number of halogens is 2. The second-order valence-electron chi connectivity index (χ2n) is 7.20. The zero-order valence-electron chi connectivity index (χ0n) is 17.8. The summed E-state index contributed by atoms with van der Waals surface area (Å²) in [6.07, 6.45) is -0.183.